The normalized spacial score (nSPS) is 10.6. The first-order valence-electron chi connectivity index (χ1n) is 9.36. The Balaban J connectivity index is 1.40. The van der Waals surface area contributed by atoms with Gasteiger partial charge >= 0.3 is 0 Å². The van der Waals surface area contributed by atoms with Gasteiger partial charge in [0, 0.05) is 29.0 Å². The van der Waals surface area contributed by atoms with E-state index in [4.69, 9.17) is 9.47 Å². The summed E-state index contributed by atoms with van der Waals surface area (Å²) in [5.41, 5.74) is 3.67. The highest BCUT2D eigenvalue weighted by Gasteiger charge is 2.11. The van der Waals surface area contributed by atoms with E-state index >= 15 is 0 Å². The molecule has 1 N–H and O–H groups in total. The molecule has 2 heterocycles. The van der Waals surface area contributed by atoms with Gasteiger partial charge in [-0.15, -0.1) is 11.3 Å². The van der Waals surface area contributed by atoms with Crippen LogP contribution in [0.2, 0.25) is 0 Å². The molecule has 0 bridgehead atoms. The molecule has 4 rings (SSSR count). The lowest BCUT2D eigenvalue weighted by molar-refractivity contribution is -0.115. The number of anilines is 1. The lowest BCUT2D eigenvalue weighted by Crippen LogP contribution is -2.14. The van der Waals surface area contributed by atoms with E-state index in [0.29, 0.717) is 16.6 Å². The first-order chi connectivity index (χ1) is 14.7. The third-order valence-electron chi connectivity index (χ3n) is 4.63. The maximum Gasteiger partial charge on any atom is 0.230 e. The van der Waals surface area contributed by atoms with Crippen LogP contribution in [0.1, 0.15) is 5.56 Å². The summed E-state index contributed by atoms with van der Waals surface area (Å²) in [5, 5.41) is 5.35. The van der Waals surface area contributed by atoms with Crippen molar-refractivity contribution >= 4 is 22.4 Å². The van der Waals surface area contributed by atoms with Gasteiger partial charge in [0.15, 0.2) is 16.6 Å². The molecule has 1 amide bonds. The van der Waals surface area contributed by atoms with Crippen LogP contribution in [-0.4, -0.2) is 29.7 Å². The number of benzene rings is 2. The number of carbonyl (C=O) groups excluding carboxylic acids is 1. The van der Waals surface area contributed by atoms with Crippen molar-refractivity contribution in [1.82, 2.24) is 9.55 Å². The van der Waals surface area contributed by atoms with Gasteiger partial charge in [0.1, 0.15) is 0 Å². The quantitative estimate of drug-likeness (QED) is 0.467. The summed E-state index contributed by atoms with van der Waals surface area (Å²) >= 11 is 1.39. The number of carbonyl (C=O) groups is 1. The Bertz CT molecular complexity index is 1130. The molecule has 7 heteroatoms. The minimum absolute atomic E-state index is 0.100. The largest absolute Gasteiger partial charge is 0.493 e. The van der Waals surface area contributed by atoms with Crippen LogP contribution in [0.5, 0.6) is 11.5 Å². The number of hydrogen-bond acceptors (Lipinski definition) is 5. The Morgan fingerprint density at radius 3 is 2.47 bits per heavy atom. The maximum atomic E-state index is 12.4. The zero-order valence-corrected chi connectivity index (χ0v) is 17.5. The van der Waals surface area contributed by atoms with Crippen molar-refractivity contribution in [2.24, 2.45) is 0 Å². The lowest BCUT2D eigenvalue weighted by Gasteiger charge is -2.08. The Hall–Kier alpha value is -3.58. The molecule has 30 heavy (non-hydrogen) atoms. The number of amides is 1. The second-order valence-corrected chi connectivity index (χ2v) is 7.45. The van der Waals surface area contributed by atoms with Crippen LogP contribution < -0.4 is 14.8 Å². The summed E-state index contributed by atoms with van der Waals surface area (Å²) in [6.07, 6.45) is 4.26. The number of nitrogens with one attached hydrogen (secondary N) is 1. The molecular formula is C23H21N3O3S. The third-order valence-corrected chi connectivity index (χ3v) is 5.39. The van der Waals surface area contributed by atoms with E-state index in [1.165, 1.54) is 11.3 Å². The van der Waals surface area contributed by atoms with Gasteiger partial charge in [0.05, 0.1) is 26.3 Å². The first kappa shape index (κ1) is 19.7. The van der Waals surface area contributed by atoms with Gasteiger partial charge in [-0.1, -0.05) is 12.1 Å². The van der Waals surface area contributed by atoms with Gasteiger partial charge < -0.3 is 19.4 Å². The maximum absolute atomic E-state index is 12.4. The van der Waals surface area contributed by atoms with Crippen LogP contribution in [0.15, 0.2) is 72.4 Å². The summed E-state index contributed by atoms with van der Waals surface area (Å²) in [5.74, 6) is 1.20. The summed E-state index contributed by atoms with van der Waals surface area (Å²) in [7, 11) is 3.20. The van der Waals surface area contributed by atoms with E-state index in [1.54, 1.807) is 14.2 Å². The third kappa shape index (κ3) is 4.36. The van der Waals surface area contributed by atoms with E-state index in [-0.39, 0.29) is 12.3 Å². The van der Waals surface area contributed by atoms with E-state index in [0.717, 1.165) is 22.5 Å². The van der Waals surface area contributed by atoms with Gasteiger partial charge in [0.2, 0.25) is 5.91 Å². The van der Waals surface area contributed by atoms with Gasteiger partial charge in [-0.25, -0.2) is 4.98 Å². The molecule has 0 fully saturated rings. The molecule has 2 aromatic heterocycles. The predicted molar refractivity (Wildman–Crippen MR) is 119 cm³/mol. The predicted octanol–water partition coefficient (Wildman–Crippen LogP) is 4.80. The highest BCUT2D eigenvalue weighted by molar-refractivity contribution is 7.14. The van der Waals surface area contributed by atoms with Crippen molar-refractivity contribution in [3.05, 3.63) is 77.9 Å². The van der Waals surface area contributed by atoms with E-state index in [1.807, 2.05) is 76.9 Å². The number of ether oxygens (including phenoxy) is 2. The van der Waals surface area contributed by atoms with Gasteiger partial charge in [0.25, 0.3) is 0 Å². The Morgan fingerprint density at radius 1 is 1.03 bits per heavy atom. The molecule has 0 aliphatic heterocycles. The molecule has 0 aliphatic carbocycles. The van der Waals surface area contributed by atoms with Crippen molar-refractivity contribution in [1.29, 1.82) is 0 Å². The standard InChI is InChI=1S/C23H21N3O3S/c1-28-20-10-7-17(14-21(20)29-2)19-15-30-23(24-19)25-22(27)13-16-5-8-18(9-6-16)26-11-3-4-12-26/h3-12,14-15H,13H2,1-2H3,(H,24,25,27). The van der Waals surface area contributed by atoms with Gasteiger partial charge in [-0.2, -0.15) is 0 Å². The smallest absolute Gasteiger partial charge is 0.230 e. The average Bonchev–Trinajstić information content (AvgIpc) is 3.46. The molecule has 0 aliphatic rings. The van der Waals surface area contributed by atoms with Crippen molar-refractivity contribution < 1.29 is 14.3 Å². The van der Waals surface area contributed by atoms with Gasteiger partial charge in [-0.3, -0.25) is 4.79 Å². The number of rotatable bonds is 7. The molecule has 2 aromatic carbocycles. The van der Waals surface area contributed by atoms with Crippen molar-refractivity contribution in [3.8, 4) is 28.4 Å². The molecule has 0 spiro atoms. The monoisotopic (exact) mass is 419 g/mol. The molecule has 0 unspecified atom stereocenters. The Morgan fingerprint density at radius 2 is 1.77 bits per heavy atom. The van der Waals surface area contributed by atoms with Crippen LogP contribution >= 0.6 is 11.3 Å². The Labute approximate surface area is 178 Å². The topological polar surface area (TPSA) is 65.4 Å². The fourth-order valence-corrected chi connectivity index (χ4v) is 3.84. The zero-order chi connectivity index (χ0) is 20.9. The van der Waals surface area contributed by atoms with Gasteiger partial charge in [-0.05, 0) is 48.0 Å². The first-order valence-corrected chi connectivity index (χ1v) is 10.2. The SMILES string of the molecule is COc1ccc(-c2csc(NC(=O)Cc3ccc(-n4cccc4)cc3)n2)cc1OC. The molecular weight excluding hydrogens is 398 g/mol. The molecule has 152 valence electrons. The Kier molecular flexibility index (Phi) is 5.81. The zero-order valence-electron chi connectivity index (χ0n) is 16.7. The van der Waals surface area contributed by atoms with Crippen molar-refractivity contribution in [3.63, 3.8) is 0 Å². The van der Waals surface area contributed by atoms with Crippen molar-refractivity contribution in [2.75, 3.05) is 19.5 Å². The van der Waals surface area contributed by atoms with Crippen LogP contribution in [0.3, 0.4) is 0 Å². The highest BCUT2D eigenvalue weighted by atomic mass is 32.1. The molecule has 0 saturated carbocycles. The van der Waals surface area contributed by atoms with Crippen molar-refractivity contribution in [2.45, 2.75) is 6.42 Å². The molecule has 6 nitrogen and oxygen atoms in total. The van der Waals surface area contributed by atoms with E-state index < -0.39 is 0 Å². The average molecular weight is 420 g/mol. The van der Waals surface area contributed by atoms with Crippen LogP contribution in [0.4, 0.5) is 5.13 Å². The summed E-state index contributed by atoms with van der Waals surface area (Å²) in [4.78, 5) is 17.0. The number of hydrogen-bond donors (Lipinski definition) is 1. The minimum Gasteiger partial charge on any atom is -0.493 e. The molecule has 0 atom stereocenters. The van der Waals surface area contributed by atoms with Crippen LogP contribution in [0, 0.1) is 0 Å². The number of aromatic nitrogens is 2. The number of thiazole rings is 1. The molecule has 0 saturated heterocycles. The fourth-order valence-electron chi connectivity index (χ4n) is 3.10. The second-order valence-electron chi connectivity index (χ2n) is 6.59. The highest BCUT2D eigenvalue weighted by Crippen LogP contribution is 2.33. The lowest BCUT2D eigenvalue weighted by atomic mass is 10.1. The summed E-state index contributed by atoms with van der Waals surface area (Å²) in [6.45, 7) is 0. The van der Waals surface area contributed by atoms with Crippen LogP contribution in [-0.2, 0) is 11.2 Å². The minimum atomic E-state index is -0.100. The van der Waals surface area contributed by atoms with E-state index in [2.05, 4.69) is 10.3 Å². The van der Waals surface area contributed by atoms with E-state index in [9.17, 15) is 4.79 Å². The summed E-state index contributed by atoms with van der Waals surface area (Å²) < 4.78 is 12.6. The number of methoxy groups -OCH3 is 2. The second kappa shape index (κ2) is 8.84. The molecule has 0 radical (unpaired) electrons. The number of nitrogens with zero attached hydrogens (tertiary/aromatic N) is 2. The fraction of sp³-hybridized carbons (Fsp3) is 0.130. The van der Waals surface area contributed by atoms with Crippen LogP contribution in [0.25, 0.3) is 16.9 Å². The summed E-state index contributed by atoms with van der Waals surface area (Å²) in [6, 6.07) is 17.5. The molecule has 4 aromatic rings.